The summed E-state index contributed by atoms with van der Waals surface area (Å²) in [5.74, 6) is 1.96. The monoisotopic (exact) mass is 448 g/mol. The lowest BCUT2D eigenvalue weighted by molar-refractivity contribution is -0.120. The smallest absolute Gasteiger partial charge is 0.227 e. The zero-order valence-corrected chi connectivity index (χ0v) is 17.9. The molecule has 32 heavy (non-hydrogen) atoms. The van der Waals surface area contributed by atoms with Crippen molar-refractivity contribution < 1.29 is 9.53 Å². The second-order valence-corrected chi connectivity index (χ2v) is 8.07. The van der Waals surface area contributed by atoms with Crippen molar-refractivity contribution in [2.75, 3.05) is 23.3 Å². The van der Waals surface area contributed by atoms with Crippen LogP contribution in [0.5, 0.6) is 11.5 Å². The van der Waals surface area contributed by atoms with Crippen LogP contribution in [0.25, 0.3) is 5.65 Å². The summed E-state index contributed by atoms with van der Waals surface area (Å²) in [4.78, 5) is 15.2. The van der Waals surface area contributed by atoms with E-state index in [9.17, 15) is 4.79 Å². The number of amides is 1. The third-order valence-electron chi connectivity index (χ3n) is 5.51. The van der Waals surface area contributed by atoms with Crippen molar-refractivity contribution in [1.82, 2.24) is 19.8 Å². The number of hydrogen-bond donors (Lipinski definition) is 1. The highest BCUT2D eigenvalue weighted by Crippen LogP contribution is 2.33. The van der Waals surface area contributed by atoms with E-state index in [1.165, 1.54) is 0 Å². The molecule has 9 heteroatoms. The van der Waals surface area contributed by atoms with Gasteiger partial charge in [0.25, 0.3) is 0 Å². The first-order valence-corrected chi connectivity index (χ1v) is 10.8. The Bertz CT molecular complexity index is 1240. The number of carbonyl (C=O) groups is 1. The average Bonchev–Trinajstić information content (AvgIpc) is 3.30. The van der Waals surface area contributed by atoms with Gasteiger partial charge in [-0.25, -0.2) is 0 Å². The van der Waals surface area contributed by atoms with Gasteiger partial charge in [-0.2, -0.15) is 4.52 Å². The number of nitrogens with one attached hydrogen (secondary N) is 1. The van der Waals surface area contributed by atoms with Crippen molar-refractivity contribution in [3.63, 3.8) is 0 Å². The SMILES string of the molecule is O=C(Nc1cc(Cl)ccc1Oc1ccccc1)C1CCN(c2ccc3nncn3n2)CC1. The molecule has 1 aliphatic rings. The minimum absolute atomic E-state index is 0.0351. The van der Waals surface area contributed by atoms with Crippen LogP contribution >= 0.6 is 11.6 Å². The molecule has 1 N–H and O–H groups in total. The summed E-state index contributed by atoms with van der Waals surface area (Å²) in [5.41, 5.74) is 1.27. The highest BCUT2D eigenvalue weighted by Gasteiger charge is 2.26. The van der Waals surface area contributed by atoms with Crippen LogP contribution in [-0.2, 0) is 4.79 Å². The van der Waals surface area contributed by atoms with Gasteiger partial charge in [-0.1, -0.05) is 29.8 Å². The van der Waals surface area contributed by atoms with E-state index in [-0.39, 0.29) is 11.8 Å². The van der Waals surface area contributed by atoms with Gasteiger partial charge >= 0.3 is 0 Å². The molecule has 0 radical (unpaired) electrons. The van der Waals surface area contributed by atoms with Crippen LogP contribution in [0.2, 0.25) is 5.02 Å². The van der Waals surface area contributed by atoms with Crippen LogP contribution in [0.15, 0.2) is 67.0 Å². The molecule has 0 saturated carbocycles. The van der Waals surface area contributed by atoms with Crippen LogP contribution in [0, 0.1) is 5.92 Å². The Morgan fingerprint density at radius 1 is 1.06 bits per heavy atom. The van der Waals surface area contributed by atoms with Gasteiger partial charge in [0, 0.05) is 24.0 Å². The standard InChI is InChI=1S/C23H21ClN6O2/c24-17-6-7-20(32-18-4-2-1-3-5-18)19(14-17)26-23(31)16-10-12-29(13-11-16)22-9-8-21-27-25-15-30(21)28-22/h1-9,14-16H,10-13H2,(H,26,31). The van der Waals surface area contributed by atoms with Crippen LogP contribution in [-0.4, -0.2) is 38.8 Å². The maximum absolute atomic E-state index is 13.0. The van der Waals surface area contributed by atoms with E-state index in [0.717, 1.165) is 31.7 Å². The molecule has 1 aliphatic heterocycles. The van der Waals surface area contributed by atoms with Crippen LogP contribution in [0.4, 0.5) is 11.5 Å². The highest BCUT2D eigenvalue weighted by atomic mass is 35.5. The van der Waals surface area contributed by atoms with E-state index in [2.05, 4.69) is 25.5 Å². The number of fused-ring (bicyclic) bond motifs is 1. The van der Waals surface area contributed by atoms with Gasteiger partial charge in [0.05, 0.1) is 5.69 Å². The van der Waals surface area contributed by atoms with Crippen LogP contribution in [0.3, 0.4) is 0 Å². The molecule has 162 valence electrons. The number of ether oxygens (including phenoxy) is 1. The lowest BCUT2D eigenvalue weighted by atomic mass is 9.95. The molecule has 0 atom stereocenters. The Hall–Kier alpha value is -3.65. The Morgan fingerprint density at radius 2 is 1.88 bits per heavy atom. The van der Waals surface area contributed by atoms with Gasteiger partial charge in [-0.3, -0.25) is 4.79 Å². The number of piperidine rings is 1. The van der Waals surface area contributed by atoms with Crippen LogP contribution in [0.1, 0.15) is 12.8 Å². The molecule has 0 bridgehead atoms. The fourth-order valence-corrected chi connectivity index (χ4v) is 3.97. The number of rotatable bonds is 5. The summed E-state index contributed by atoms with van der Waals surface area (Å²) in [7, 11) is 0. The lowest BCUT2D eigenvalue weighted by Gasteiger charge is -2.32. The minimum atomic E-state index is -0.103. The van der Waals surface area contributed by atoms with E-state index < -0.39 is 0 Å². The van der Waals surface area contributed by atoms with Gasteiger partial charge in [0.1, 0.15) is 17.9 Å². The molecule has 1 amide bonds. The lowest BCUT2D eigenvalue weighted by Crippen LogP contribution is -2.38. The number of anilines is 2. The largest absolute Gasteiger partial charge is 0.455 e. The van der Waals surface area contributed by atoms with Gasteiger partial charge in [-0.05, 0) is 55.3 Å². The zero-order valence-electron chi connectivity index (χ0n) is 17.2. The first kappa shape index (κ1) is 20.3. The number of aromatic nitrogens is 4. The minimum Gasteiger partial charge on any atom is -0.455 e. The Balaban J connectivity index is 1.24. The van der Waals surface area contributed by atoms with E-state index in [4.69, 9.17) is 16.3 Å². The molecule has 4 aromatic rings. The third-order valence-corrected chi connectivity index (χ3v) is 5.74. The quantitative estimate of drug-likeness (QED) is 0.486. The summed E-state index contributed by atoms with van der Waals surface area (Å²) in [6.45, 7) is 1.48. The fourth-order valence-electron chi connectivity index (χ4n) is 3.80. The molecule has 0 aliphatic carbocycles. The van der Waals surface area contributed by atoms with E-state index >= 15 is 0 Å². The molecule has 2 aromatic carbocycles. The molecule has 8 nitrogen and oxygen atoms in total. The van der Waals surface area contributed by atoms with Crippen molar-refractivity contribution in [2.45, 2.75) is 12.8 Å². The van der Waals surface area contributed by atoms with Gasteiger partial charge < -0.3 is 15.0 Å². The number of nitrogens with zero attached hydrogens (tertiary/aromatic N) is 5. The Labute approximate surface area is 189 Å². The maximum Gasteiger partial charge on any atom is 0.227 e. The van der Waals surface area contributed by atoms with Gasteiger partial charge in [0.2, 0.25) is 5.91 Å². The van der Waals surface area contributed by atoms with Crippen molar-refractivity contribution in [3.8, 4) is 11.5 Å². The summed E-state index contributed by atoms with van der Waals surface area (Å²) in [5, 5.41) is 15.9. The first-order chi connectivity index (χ1) is 15.7. The van der Waals surface area contributed by atoms with E-state index in [1.807, 2.05) is 42.5 Å². The van der Waals surface area contributed by atoms with Crippen molar-refractivity contribution in [3.05, 3.63) is 72.0 Å². The van der Waals surface area contributed by atoms with Gasteiger partial charge in [0.15, 0.2) is 11.4 Å². The Morgan fingerprint density at radius 3 is 2.69 bits per heavy atom. The molecular formula is C23H21ClN6O2. The average molecular weight is 449 g/mol. The molecule has 1 saturated heterocycles. The number of hydrogen-bond acceptors (Lipinski definition) is 6. The zero-order chi connectivity index (χ0) is 21.9. The normalized spacial score (nSPS) is 14.5. The van der Waals surface area contributed by atoms with Crippen molar-refractivity contribution in [2.24, 2.45) is 5.92 Å². The summed E-state index contributed by atoms with van der Waals surface area (Å²) < 4.78 is 7.61. The molecule has 2 aromatic heterocycles. The maximum atomic E-state index is 13.0. The number of para-hydroxylation sites is 1. The topological polar surface area (TPSA) is 84.6 Å². The Kier molecular flexibility index (Phi) is 5.60. The van der Waals surface area contributed by atoms with E-state index in [0.29, 0.717) is 27.9 Å². The molecule has 5 rings (SSSR count). The molecule has 0 unspecified atom stereocenters. The fraction of sp³-hybridized carbons (Fsp3) is 0.217. The first-order valence-electron chi connectivity index (χ1n) is 10.4. The molecule has 1 fully saturated rings. The molecule has 0 spiro atoms. The van der Waals surface area contributed by atoms with E-state index in [1.54, 1.807) is 29.0 Å². The summed E-state index contributed by atoms with van der Waals surface area (Å²) in [6.07, 6.45) is 3.03. The summed E-state index contributed by atoms with van der Waals surface area (Å²) >= 11 is 6.18. The molecular weight excluding hydrogens is 428 g/mol. The highest BCUT2D eigenvalue weighted by molar-refractivity contribution is 6.31. The second kappa shape index (κ2) is 8.84. The predicted octanol–water partition coefficient (Wildman–Crippen LogP) is 4.43. The number of benzene rings is 2. The predicted molar refractivity (Wildman–Crippen MR) is 122 cm³/mol. The second-order valence-electron chi connectivity index (χ2n) is 7.63. The van der Waals surface area contributed by atoms with Gasteiger partial charge in [-0.15, -0.1) is 15.3 Å². The van der Waals surface area contributed by atoms with Crippen molar-refractivity contribution >= 4 is 34.7 Å². The van der Waals surface area contributed by atoms with Crippen LogP contribution < -0.4 is 15.0 Å². The number of halogens is 1. The third kappa shape index (κ3) is 4.36. The number of carbonyl (C=O) groups excluding carboxylic acids is 1. The van der Waals surface area contributed by atoms with Crippen molar-refractivity contribution in [1.29, 1.82) is 0 Å². The summed E-state index contributed by atoms with van der Waals surface area (Å²) in [6, 6.07) is 18.5. The molecule has 3 heterocycles.